The number of carbonyl (C=O) groups excluding carboxylic acids is 1. The van der Waals surface area contributed by atoms with E-state index in [1.165, 1.54) is 5.56 Å². The van der Waals surface area contributed by atoms with Crippen molar-refractivity contribution in [3.63, 3.8) is 0 Å². The van der Waals surface area contributed by atoms with E-state index in [4.69, 9.17) is 4.74 Å². The van der Waals surface area contributed by atoms with Gasteiger partial charge in [-0.25, -0.2) is 0 Å². The molecule has 1 atom stereocenters. The third-order valence-electron chi connectivity index (χ3n) is 3.87. The van der Waals surface area contributed by atoms with Gasteiger partial charge in [0.2, 0.25) is 5.91 Å². The van der Waals surface area contributed by atoms with Gasteiger partial charge < -0.3 is 10.1 Å². The summed E-state index contributed by atoms with van der Waals surface area (Å²) in [7, 11) is 1.62. The van der Waals surface area contributed by atoms with Crippen LogP contribution in [0.15, 0.2) is 48.5 Å². The summed E-state index contributed by atoms with van der Waals surface area (Å²) >= 11 is 0. The van der Waals surface area contributed by atoms with Crippen LogP contribution in [-0.2, 0) is 11.2 Å². The molecular weight excluding hydrogens is 286 g/mol. The predicted molar refractivity (Wildman–Crippen MR) is 95.0 cm³/mol. The molecule has 0 aliphatic rings. The molecule has 0 heterocycles. The second kappa shape index (κ2) is 7.82. The van der Waals surface area contributed by atoms with Crippen molar-refractivity contribution in [2.24, 2.45) is 5.92 Å². The molecule has 0 radical (unpaired) electrons. The average Bonchev–Trinajstić information content (AvgIpc) is 2.55. The number of hydrogen-bond acceptors (Lipinski definition) is 2. The first-order valence-electron chi connectivity index (χ1n) is 8.03. The van der Waals surface area contributed by atoms with Gasteiger partial charge in [-0.1, -0.05) is 38.1 Å². The summed E-state index contributed by atoms with van der Waals surface area (Å²) in [6.07, 6.45) is 1.06. The Morgan fingerprint density at radius 1 is 1.00 bits per heavy atom. The van der Waals surface area contributed by atoms with Crippen LogP contribution in [0.2, 0.25) is 0 Å². The maximum Gasteiger partial charge on any atom is 0.231 e. The number of hydrogen-bond donors (Lipinski definition) is 1. The van der Waals surface area contributed by atoms with Gasteiger partial charge in [-0.2, -0.15) is 0 Å². The maximum atomic E-state index is 12.4. The lowest BCUT2D eigenvalue weighted by Gasteiger charge is -2.14. The molecule has 0 aromatic heterocycles. The van der Waals surface area contributed by atoms with Gasteiger partial charge in [0, 0.05) is 5.69 Å². The Morgan fingerprint density at radius 2 is 1.61 bits per heavy atom. The summed E-state index contributed by atoms with van der Waals surface area (Å²) < 4.78 is 5.12. The van der Waals surface area contributed by atoms with Crippen molar-refractivity contribution < 1.29 is 9.53 Å². The molecule has 2 rings (SSSR count). The third kappa shape index (κ3) is 4.85. The molecule has 2 aromatic carbocycles. The molecule has 3 heteroatoms. The van der Waals surface area contributed by atoms with Crippen molar-refractivity contribution >= 4 is 11.6 Å². The molecule has 2 aromatic rings. The van der Waals surface area contributed by atoms with Crippen LogP contribution in [0, 0.1) is 5.92 Å². The quantitative estimate of drug-likeness (QED) is 0.844. The van der Waals surface area contributed by atoms with Crippen molar-refractivity contribution in [3.8, 4) is 5.75 Å². The number of benzene rings is 2. The van der Waals surface area contributed by atoms with E-state index in [1.807, 2.05) is 31.2 Å². The fourth-order valence-corrected chi connectivity index (χ4v) is 2.49. The molecule has 0 unspecified atom stereocenters. The number of amides is 1. The van der Waals surface area contributed by atoms with Crippen LogP contribution in [0.5, 0.6) is 5.75 Å². The molecule has 3 nitrogen and oxygen atoms in total. The maximum absolute atomic E-state index is 12.4. The summed E-state index contributed by atoms with van der Waals surface area (Å²) in [6, 6.07) is 15.7. The Hall–Kier alpha value is -2.29. The normalized spacial score (nSPS) is 12.0. The first-order valence-corrected chi connectivity index (χ1v) is 8.03. The van der Waals surface area contributed by atoms with E-state index in [1.54, 1.807) is 7.11 Å². The predicted octanol–water partition coefficient (Wildman–Crippen LogP) is 4.64. The van der Waals surface area contributed by atoms with Crippen LogP contribution < -0.4 is 10.1 Å². The Bertz CT molecular complexity index is 630. The summed E-state index contributed by atoms with van der Waals surface area (Å²) in [6.45, 7) is 6.34. The van der Waals surface area contributed by atoms with Crippen LogP contribution in [0.3, 0.4) is 0 Å². The fourth-order valence-electron chi connectivity index (χ4n) is 2.49. The van der Waals surface area contributed by atoms with Crippen LogP contribution in [0.25, 0.3) is 0 Å². The Kier molecular flexibility index (Phi) is 5.80. The number of nitrogens with one attached hydrogen (secondary N) is 1. The van der Waals surface area contributed by atoms with Crippen molar-refractivity contribution in [2.75, 3.05) is 12.4 Å². The topological polar surface area (TPSA) is 38.3 Å². The number of ether oxygens (including phenoxy) is 1. The molecule has 0 fully saturated rings. The molecule has 0 aliphatic heterocycles. The van der Waals surface area contributed by atoms with Crippen molar-refractivity contribution in [1.82, 2.24) is 0 Å². The molecule has 0 bridgehead atoms. The Balaban J connectivity index is 2.00. The molecule has 0 spiro atoms. The zero-order valence-electron chi connectivity index (χ0n) is 14.3. The number of anilines is 1. The largest absolute Gasteiger partial charge is 0.497 e. The standard InChI is InChI=1S/C20H25NO2/c1-14(2)13-16-5-7-17(8-6-16)15(3)20(22)21-18-9-11-19(23-4)12-10-18/h5-12,14-15H,13H2,1-4H3,(H,21,22)/t15-/m1/s1. The molecule has 0 saturated carbocycles. The van der Waals surface area contributed by atoms with E-state index < -0.39 is 0 Å². The van der Waals surface area contributed by atoms with E-state index in [-0.39, 0.29) is 11.8 Å². The van der Waals surface area contributed by atoms with Gasteiger partial charge in [-0.3, -0.25) is 4.79 Å². The smallest absolute Gasteiger partial charge is 0.231 e. The van der Waals surface area contributed by atoms with Crippen LogP contribution in [-0.4, -0.2) is 13.0 Å². The van der Waals surface area contributed by atoms with E-state index >= 15 is 0 Å². The summed E-state index contributed by atoms with van der Waals surface area (Å²) in [5.74, 6) is 1.21. The summed E-state index contributed by atoms with van der Waals surface area (Å²) in [4.78, 5) is 12.4. The van der Waals surface area contributed by atoms with Gasteiger partial charge in [0.25, 0.3) is 0 Å². The average molecular weight is 311 g/mol. The molecule has 0 aliphatic carbocycles. The highest BCUT2D eigenvalue weighted by molar-refractivity contribution is 5.95. The monoisotopic (exact) mass is 311 g/mol. The first-order chi connectivity index (χ1) is 11.0. The van der Waals surface area contributed by atoms with Gasteiger partial charge in [0.1, 0.15) is 5.75 Å². The fraction of sp³-hybridized carbons (Fsp3) is 0.350. The van der Waals surface area contributed by atoms with Gasteiger partial charge in [-0.15, -0.1) is 0 Å². The number of methoxy groups -OCH3 is 1. The van der Waals surface area contributed by atoms with Crippen molar-refractivity contribution in [2.45, 2.75) is 33.1 Å². The van der Waals surface area contributed by atoms with Gasteiger partial charge in [0.05, 0.1) is 13.0 Å². The zero-order valence-corrected chi connectivity index (χ0v) is 14.3. The van der Waals surface area contributed by atoms with Gasteiger partial charge in [-0.05, 0) is 54.7 Å². The second-order valence-corrected chi connectivity index (χ2v) is 6.28. The van der Waals surface area contributed by atoms with E-state index in [9.17, 15) is 4.79 Å². The zero-order chi connectivity index (χ0) is 16.8. The van der Waals surface area contributed by atoms with Crippen LogP contribution >= 0.6 is 0 Å². The van der Waals surface area contributed by atoms with Gasteiger partial charge >= 0.3 is 0 Å². The lowest BCUT2D eigenvalue weighted by Crippen LogP contribution is -2.18. The molecular formula is C20H25NO2. The minimum absolute atomic E-state index is 0.00761. The third-order valence-corrected chi connectivity index (χ3v) is 3.87. The summed E-state index contributed by atoms with van der Waals surface area (Å²) in [5.41, 5.74) is 3.12. The van der Waals surface area contributed by atoms with Crippen LogP contribution in [0.1, 0.15) is 37.8 Å². The lowest BCUT2D eigenvalue weighted by molar-refractivity contribution is -0.117. The lowest BCUT2D eigenvalue weighted by atomic mass is 9.96. The first kappa shape index (κ1) is 17.1. The molecule has 23 heavy (non-hydrogen) atoms. The minimum atomic E-state index is -0.190. The van der Waals surface area contributed by atoms with Crippen molar-refractivity contribution in [3.05, 3.63) is 59.7 Å². The van der Waals surface area contributed by atoms with Crippen LogP contribution in [0.4, 0.5) is 5.69 Å². The molecule has 122 valence electrons. The second-order valence-electron chi connectivity index (χ2n) is 6.28. The minimum Gasteiger partial charge on any atom is -0.497 e. The highest BCUT2D eigenvalue weighted by atomic mass is 16.5. The Morgan fingerprint density at radius 3 is 2.13 bits per heavy atom. The molecule has 0 saturated heterocycles. The van der Waals surface area contributed by atoms with Gasteiger partial charge in [0.15, 0.2) is 0 Å². The highest BCUT2D eigenvalue weighted by Crippen LogP contribution is 2.21. The number of rotatable bonds is 6. The molecule has 1 N–H and O–H groups in total. The number of carbonyl (C=O) groups is 1. The van der Waals surface area contributed by atoms with E-state index in [2.05, 4.69) is 43.4 Å². The Labute approximate surface area is 138 Å². The van der Waals surface area contributed by atoms with Crippen molar-refractivity contribution in [1.29, 1.82) is 0 Å². The molecule has 1 amide bonds. The highest BCUT2D eigenvalue weighted by Gasteiger charge is 2.15. The van der Waals surface area contributed by atoms with E-state index in [0.717, 1.165) is 23.4 Å². The van der Waals surface area contributed by atoms with E-state index in [0.29, 0.717) is 5.92 Å². The SMILES string of the molecule is COc1ccc(NC(=O)[C@H](C)c2ccc(CC(C)C)cc2)cc1. The summed E-state index contributed by atoms with van der Waals surface area (Å²) in [5, 5.41) is 2.94.